The van der Waals surface area contributed by atoms with Gasteiger partial charge in [0.05, 0.1) is 5.39 Å². The Morgan fingerprint density at radius 3 is 2.88 bits per heavy atom. The molecule has 0 bridgehead atoms. The molecule has 0 aliphatic heterocycles. The average Bonchev–Trinajstić information content (AvgIpc) is 2.31. The molecule has 2 heterocycles. The zero-order chi connectivity index (χ0) is 11.1. The monoisotopic (exact) mass is 211 g/mol. The molecular weight excluding hydrogens is 200 g/mol. The first-order chi connectivity index (χ1) is 7.75. The number of anilines is 1. The summed E-state index contributed by atoms with van der Waals surface area (Å²) in [5.41, 5.74) is 7.33. The molecule has 16 heavy (non-hydrogen) atoms. The molecule has 0 fully saturated rings. The van der Waals surface area contributed by atoms with E-state index >= 15 is 0 Å². The van der Waals surface area contributed by atoms with Crippen LogP contribution in [0, 0.1) is 6.92 Å². The summed E-state index contributed by atoms with van der Waals surface area (Å²) in [6, 6.07) is 10.1. The van der Waals surface area contributed by atoms with Gasteiger partial charge in [-0.05, 0) is 29.4 Å². The fraction of sp³-hybridized carbons (Fsp3) is 0.0833. The Kier molecular flexibility index (Phi) is 1.77. The van der Waals surface area contributed by atoms with Gasteiger partial charge in [0.15, 0.2) is 0 Å². The molecule has 3 rings (SSSR count). The van der Waals surface area contributed by atoms with Gasteiger partial charge < -0.3 is 5.73 Å². The third-order valence-corrected chi connectivity index (χ3v) is 2.67. The van der Waals surface area contributed by atoms with E-state index in [1.807, 2.05) is 43.5 Å². The summed E-state index contributed by atoms with van der Waals surface area (Å²) in [5, 5.41) is 6.55. The lowest BCUT2D eigenvalue weighted by Crippen LogP contribution is -2.29. The number of nitrogens with zero attached hydrogens (tertiary/aromatic N) is 3. The van der Waals surface area contributed by atoms with Crippen LogP contribution in [-0.4, -0.2) is 10.1 Å². The van der Waals surface area contributed by atoms with Gasteiger partial charge in [-0.3, -0.25) is 0 Å². The Labute approximate surface area is 92.4 Å². The van der Waals surface area contributed by atoms with Crippen molar-refractivity contribution in [3.05, 3.63) is 42.2 Å². The highest BCUT2D eigenvalue weighted by atomic mass is 15.3. The number of aryl methyl sites for hydroxylation is 1. The van der Waals surface area contributed by atoms with Gasteiger partial charge in [0.1, 0.15) is 11.9 Å². The van der Waals surface area contributed by atoms with Crippen molar-refractivity contribution in [3.63, 3.8) is 0 Å². The average molecular weight is 211 g/mol. The van der Waals surface area contributed by atoms with Crippen molar-refractivity contribution in [2.24, 2.45) is 0 Å². The van der Waals surface area contributed by atoms with Crippen LogP contribution in [-0.2, 0) is 0 Å². The van der Waals surface area contributed by atoms with E-state index in [9.17, 15) is 0 Å². The quantitative estimate of drug-likeness (QED) is 0.450. The van der Waals surface area contributed by atoms with Crippen LogP contribution in [0.5, 0.6) is 0 Å². The highest BCUT2D eigenvalue weighted by Crippen LogP contribution is 2.15. The van der Waals surface area contributed by atoms with Crippen molar-refractivity contribution in [1.29, 1.82) is 0 Å². The minimum Gasteiger partial charge on any atom is -0.361 e. The Hall–Kier alpha value is -2.23. The molecule has 1 aromatic carbocycles. The van der Waals surface area contributed by atoms with Gasteiger partial charge in [-0.2, -0.15) is 0 Å². The van der Waals surface area contributed by atoms with E-state index in [4.69, 9.17) is 5.73 Å². The maximum Gasteiger partial charge on any atom is 0.358 e. The molecule has 2 N–H and O–H groups in total. The van der Waals surface area contributed by atoms with E-state index < -0.39 is 0 Å². The Morgan fingerprint density at radius 2 is 2.00 bits per heavy atom. The molecule has 3 aromatic rings. The first-order valence-electron chi connectivity index (χ1n) is 5.09. The van der Waals surface area contributed by atoms with Crippen LogP contribution in [0.25, 0.3) is 16.4 Å². The zero-order valence-corrected chi connectivity index (χ0v) is 8.88. The van der Waals surface area contributed by atoms with E-state index in [0.29, 0.717) is 5.82 Å². The first kappa shape index (κ1) is 9.03. The van der Waals surface area contributed by atoms with Gasteiger partial charge in [0.25, 0.3) is 5.82 Å². The van der Waals surface area contributed by atoms with Crippen LogP contribution >= 0.6 is 0 Å². The maximum atomic E-state index is 5.79. The number of benzene rings is 1. The topological polar surface area (TPSA) is 55.9 Å². The molecular formula is C12H11N4+. The SMILES string of the molecule is Cc1n[n+]2ccc3ccccc3c2nc1N. The van der Waals surface area contributed by atoms with Crippen LogP contribution in [0.2, 0.25) is 0 Å². The van der Waals surface area contributed by atoms with Gasteiger partial charge in [-0.1, -0.05) is 23.3 Å². The number of aromatic nitrogens is 3. The summed E-state index contributed by atoms with van der Waals surface area (Å²) in [6.45, 7) is 1.85. The third-order valence-electron chi connectivity index (χ3n) is 2.67. The summed E-state index contributed by atoms with van der Waals surface area (Å²) >= 11 is 0. The van der Waals surface area contributed by atoms with Crippen LogP contribution < -0.4 is 10.2 Å². The molecule has 0 aliphatic rings. The molecule has 0 unspecified atom stereocenters. The molecule has 2 aromatic heterocycles. The molecule has 0 radical (unpaired) electrons. The van der Waals surface area contributed by atoms with Crippen molar-refractivity contribution in [2.75, 3.05) is 5.73 Å². The standard InChI is InChI=1S/C12H10N4/c1-8-11(13)14-12-10-5-3-2-4-9(10)6-7-16(12)15-8/h2-7,13H,1H3/p+1. The molecule has 0 saturated heterocycles. The van der Waals surface area contributed by atoms with Crippen LogP contribution in [0.15, 0.2) is 36.5 Å². The number of nitrogens with two attached hydrogens (primary N) is 1. The molecule has 0 amide bonds. The predicted molar refractivity (Wildman–Crippen MR) is 61.8 cm³/mol. The summed E-state index contributed by atoms with van der Waals surface area (Å²) < 4.78 is 1.76. The molecule has 0 aliphatic carbocycles. The van der Waals surface area contributed by atoms with Gasteiger partial charge >= 0.3 is 5.65 Å². The zero-order valence-electron chi connectivity index (χ0n) is 8.88. The predicted octanol–water partition coefficient (Wildman–Crippen LogP) is 1.26. The van der Waals surface area contributed by atoms with Crippen LogP contribution in [0.3, 0.4) is 0 Å². The molecule has 0 saturated carbocycles. The number of hydrogen-bond acceptors (Lipinski definition) is 3. The van der Waals surface area contributed by atoms with Crippen molar-refractivity contribution in [1.82, 2.24) is 10.1 Å². The van der Waals surface area contributed by atoms with E-state index in [0.717, 1.165) is 22.1 Å². The summed E-state index contributed by atoms with van der Waals surface area (Å²) in [7, 11) is 0. The highest BCUT2D eigenvalue weighted by Gasteiger charge is 2.13. The van der Waals surface area contributed by atoms with Gasteiger partial charge in [-0.15, -0.1) is 4.52 Å². The molecule has 0 atom stereocenters. The lowest BCUT2D eigenvalue weighted by molar-refractivity contribution is -0.582. The van der Waals surface area contributed by atoms with Gasteiger partial charge in [-0.25, -0.2) is 0 Å². The Balaban J connectivity index is 2.55. The van der Waals surface area contributed by atoms with E-state index in [1.165, 1.54) is 0 Å². The van der Waals surface area contributed by atoms with E-state index in [1.54, 1.807) is 4.52 Å². The number of nitrogen functional groups attached to an aromatic ring is 1. The van der Waals surface area contributed by atoms with Crippen molar-refractivity contribution in [3.8, 4) is 0 Å². The minimum atomic E-state index is 0.483. The Morgan fingerprint density at radius 1 is 1.19 bits per heavy atom. The fourth-order valence-electron chi connectivity index (χ4n) is 1.79. The normalized spacial score (nSPS) is 11.1. The number of rotatable bonds is 0. The fourth-order valence-corrected chi connectivity index (χ4v) is 1.79. The highest BCUT2D eigenvalue weighted by molar-refractivity contribution is 5.91. The molecule has 0 spiro atoms. The van der Waals surface area contributed by atoms with Crippen LogP contribution in [0.1, 0.15) is 5.69 Å². The lowest BCUT2D eigenvalue weighted by Gasteiger charge is -1.98. The summed E-state index contributed by atoms with van der Waals surface area (Å²) in [6.07, 6.45) is 1.90. The molecule has 78 valence electrons. The lowest BCUT2D eigenvalue weighted by atomic mass is 10.2. The molecule has 4 nitrogen and oxygen atoms in total. The minimum absolute atomic E-state index is 0.483. The number of hydrogen-bond donors (Lipinski definition) is 1. The van der Waals surface area contributed by atoms with Gasteiger partial charge in [0.2, 0.25) is 0 Å². The number of pyridine rings is 1. The van der Waals surface area contributed by atoms with E-state index in [2.05, 4.69) is 10.1 Å². The second kappa shape index (κ2) is 3.13. The van der Waals surface area contributed by atoms with Gasteiger partial charge in [0, 0.05) is 0 Å². The number of fused-ring (bicyclic) bond motifs is 3. The van der Waals surface area contributed by atoms with Crippen molar-refractivity contribution >= 4 is 22.2 Å². The second-order valence-corrected chi connectivity index (χ2v) is 3.75. The van der Waals surface area contributed by atoms with E-state index in [-0.39, 0.29) is 0 Å². The largest absolute Gasteiger partial charge is 0.361 e. The van der Waals surface area contributed by atoms with Crippen molar-refractivity contribution in [2.45, 2.75) is 6.92 Å². The third kappa shape index (κ3) is 1.20. The van der Waals surface area contributed by atoms with Crippen LogP contribution in [0.4, 0.5) is 5.82 Å². The first-order valence-corrected chi connectivity index (χ1v) is 5.09. The molecule has 4 heteroatoms. The smallest absolute Gasteiger partial charge is 0.358 e. The summed E-state index contributed by atoms with van der Waals surface area (Å²) in [5.74, 6) is 0.483. The second-order valence-electron chi connectivity index (χ2n) is 3.75. The Bertz CT molecular complexity index is 691. The summed E-state index contributed by atoms with van der Waals surface area (Å²) in [4.78, 5) is 4.38. The maximum absolute atomic E-state index is 5.79. The van der Waals surface area contributed by atoms with Crippen molar-refractivity contribution < 1.29 is 4.52 Å².